The first kappa shape index (κ1) is 17.4. The number of hydrogen-bond donors (Lipinski definition) is 2. The molecular formula is C22H26N4O2. The molecule has 2 N–H and O–H groups in total. The molecule has 0 bridgehead atoms. The summed E-state index contributed by atoms with van der Waals surface area (Å²) in [5, 5.41) is 13.7. The molecule has 3 heterocycles. The lowest BCUT2D eigenvalue weighted by molar-refractivity contribution is 0.0895. The number of anilines is 1. The first-order chi connectivity index (χ1) is 13.7. The van der Waals surface area contributed by atoms with Crippen LogP contribution in [0, 0.1) is 0 Å². The van der Waals surface area contributed by atoms with Crippen LogP contribution in [0.1, 0.15) is 24.0 Å². The molecule has 1 saturated heterocycles. The van der Waals surface area contributed by atoms with Crippen molar-refractivity contribution in [3.63, 3.8) is 0 Å². The number of fused-ring (bicyclic) bond motifs is 4. The van der Waals surface area contributed by atoms with E-state index in [4.69, 9.17) is 9.73 Å². The number of aromatic hydroxyl groups is 1. The van der Waals surface area contributed by atoms with Crippen molar-refractivity contribution in [2.45, 2.75) is 25.0 Å². The van der Waals surface area contributed by atoms with Gasteiger partial charge in [0.25, 0.3) is 0 Å². The van der Waals surface area contributed by atoms with Gasteiger partial charge in [0, 0.05) is 50.3 Å². The molecule has 2 aromatic rings. The Kier molecular flexibility index (Phi) is 4.16. The third-order valence-electron chi connectivity index (χ3n) is 6.23. The molecular weight excluding hydrogens is 352 g/mol. The number of phenolic OH excluding ortho intramolecular Hbond substituents is 1. The molecule has 0 radical (unpaired) electrons. The molecule has 6 nitrogen and oxygen atoms in total. The molecule has 0 unspecified atom stereocenters. The van der Waals surface area contributed by atoms with E-state index in [-0.39, 0.29) is 11.4 Å². The number of rotatable bonds is 3. The quantitative estimate of drug-likeness (QED) is 0.860. The largest absolute Gasteiger partial charge is 0.504 e. The fourth-order valence-corrected chi connectivity index (χ4v) is 4.75. The maximum atomic E-state index is 9.81. The highest BCUT2D eigenvalue weighted by molar-refractivity contribution is 6.06. The third kappa shape index (κ3) is 2.79. The van der Waals surface area contributed by atoms with E-state index in [0.717, 1.165) is 57.0 Å². The van der Waals surface area contributed by atoms with E-state index in [0.29, 0.717) is 5.75 Å². The van der Waals surface area contributed by atoms with Crippen molar-refractivity contribution in [2.24, 2.45) is 4.99 Å². The van der Waals surface area contributed by atoms with Crippen molar-refractivity contribution in [2.75, 3.05) is 38.6 Å². The minimum absolute atomic E-state index is 0.0349. The summed E-state index contributed by atoms with van der Waals surface area (Å²) >= 11 is 0. The predicted octanol–water partition coefficient (Wildman–Crippen LogP) is 2.88. The van der Waals surface area contributed by atoms with Crippen LogP contribution in [0.2, 0.25) is 0 Å². The fraction of sp³-hybridized carbons (Fsp3) is 0.409. The van der Waals surface area contributed by atoms with Gasteiger partial charge in [0.05, 0.1) is 13.7 Å². The lowest BCUT2D eigenvalue weighted by Crippen LogP contribution is -2.63. The van der Waals surface area contributed by atoms with Crippen molar-refractivity contribution in [1.82, 2.24) is 9.80 Å². The van der Waals surface area contributed by atoms with Crippen molar-refractivity contribution >= 4 is 11.5 Å². The Labute approximate surface area is 165 Å². The minimum Gasteiger partial charge on any atom is -0.504 e. The molecule has 28 heavy (non-hydrogen) atoms. The number of methoxy groups -OCH3 is 1. The van der Waals surface area contributed by atoms with Gasteiger partial charge in [-0.25, -0.2) is 0 Å². The number of amidine groups is 1. The van der Waals surface area contributed by atoms with Gasteiger partial charge in [-0.2, -0.15) is 0 Å². The molecule has 2 aromatic carbocycles. The molecule has 3 aliphatic rings. The van der Waals surface area contributed by atoms with E-state index in [1.165, 1.54) is 11.3 Å². The standard InChI is InChI=1S/C22H26N4O2/c1-28-20-14-16(6-7-19(20)27)15-25-11-8-22(9-12-25)24-18-5-3-2-4-17(18)21-23-10-13-26(21)22/h2-7,14,24,27H,8-13,15H2,1H3. The summed E-state index contributed by atoms with van der Waals surface area (Å²) in [5.74, 6) is 1.88. The summed E-state index contributed by atoms with van der Waals surface area (Å²) in [5.41, 5.74) is 3.56. The highest BCUT2D eigenvalue weighted by Gasteiger charge is 2.46. The Morgan fingerprint density at radius 1 is 1.14 bits per heavy atom. The van der Waals surface area contributed by atoms with Crippen LogP contribution in [0.25, 0.3) is 0 Å². The normalized spacial score (nSPS) is 20.3. The van der Waals surface area contributed by atoms with Crippen molar-refractivity contribution in [3.05, 3.63) is 53.6 Å². The number of nitrogens with one attached hydrogen (secondary N) is 1. The molecule has 6 heteroatoms. The summed E-state index contributed by atoms with van der Waals surface area (Å²) in [6.07, 6.45) is 2.10. The van der Waals surface area contributed by atoms with Crippen LogP contribution in [0.15, 0.2) is 47.5 Å². The van der Waals surface area contributed by atoms with Crippen LogP contribution in [-0.2, 0) is 6.54 Å². The zero-order valence-electron chi connectivity index (χ0n) is 16.2. The molecule has 3 aliphatic heterocycles. The van der Waals surface area contributed by atoms with E-state index >= 15 is 0 Å². The number of aliphatic imine (C=N–C) groups is 1. The van der Waals surface area contributed by atoms with E-state index in [9.17, 15) is 5.11 Å². The zero-order chi connectivity index (χ0) is 19.1. The molecule has 1 fully saturated rings. The number of nitrogens with zero attached hydrogens (tertiary/aromatic N) is 3. The third-order valence-corrected chi connectivity index (χ3v) is 6.23. The second kappa shape index (κ2) is 6.71. The average molecular weight is 378 g/mol. The van der Waals surface area contributed by atoms with Crippen LogP contribution >= 0.6 is 0 Å². The van der Waals surface area contributed by atoms with Gasteiger partial charge in [-0.05, 0) is 29.8 Å². The summed E-state index contributed by atoms with van der Waals surface area (Å²) in [6.45, 7) is 4.77. The molecule has 0 atom stereocenters. The highest BCUT2D eigenvalue weighted by atomic mass is 16.5. The summed E-state index contributed by atoms with van der Waals surface area (Å²) in [7, 11) is 1.59. The number of piperidine rings is 1. The van der Waals surface area contributed by atoms with Crippen LogP contribution in [0.4, 0.5) is 5.69 Å². The Balaban J connectivity index is 1.32. The van der Waals surface area contributed by atoms with Crippen LogP contribution in [0.3, 0.4) is 0 Å². The average Bonchev–Trinajstić information content (AvgIpc) is 3.23. The fourth-order valence-electron chi connectivity index (χ4n) is 4.75. The number of hydrogen-bond acceptors (Lipinski definition) is 6. The number of benzene rings is 2. The van der Waals surface area contributed by atoms with E-state index in [2.05, 4.69) is 39.4 Å². The van der Waals surface area contributed by atoms with E-state index < -0.39 is 0 Å². The molecule has 146 valence electrons. The van der Waals surface area contributed by atoms with Gasteiger partial charge in [-0.1, -0.05) is 18.2 Å². The first-order valence-corrected chi connectivity index (χ1v) is 9.96. The summed E-state index contributed by atoms with van der Waals surface area (Å²) in [6, 6.07) is 14.1. The van der Waals surface area contributed by atoms with Crippen molar-refractivity contribution in [3.8, 4) is 11.5 Å². The van der Waals surface area contributed by atoms with Gasteiger partial charge in [-0.3, -0.25) is 9.89 Å². The van der Waals surface area contributed by atoms with Gasteiger partial charge in [-0.15, -0.1) is 0 Å². The molecule has 0 amide bonds. The predicted molar refractivity (Wildman–Crippen MR) is 110 cm³/mol. The Morgan fingerprint density at radius 2 is 1.96 bits per heavy atom. The number of likely N-dealkylation sites (tertiary alicyclic amines) is 1. The summed E-state index contributed by atoms with van der Waals surface area (Å²) in [4.78, 5) is 9.79. The van der Waals surface area contributed by atoms with Gasteiger partial charge in [0.2, 0.25) is 0 Å². The smallest absolute Gasteiger partial charge is 0.160 e. The topological polar surface area (TPSA) is 60.3 Å². The van der Waals surface area contributed by atoms with Gasteiger partial charge >= 0.3 is 0 Å². The van der Waals surface area contributed by atoms with Gasteiger partial charge in [0.1, 0.15) is 11.5 Å². The Morgan fingerprint density at radius 3 is 2.79 bits per heavy atom. The number of ether oxygens (including phenoxy) is 1. The lowest BCUT2D eigenvalue weighted by Gasteiger charge is -2.52. The summed E-state index contributed by atoms with van der Waals surface area (Å²) < 4.78 is 5.25. The number of para-hydroxylation sites is 1. The van der Waals surface area contributed by atoms with Gasteiger partial charge < -0.3 is 20.1 Å². The molecule has 1 spiro atoms. The molecule has 0 aliphatic carbocycles. The van der Waals surface area contributed by atoms with E-state index in [1.54, 1.807) is 13.2 Å². The second-order valence-corrected chi connectivity index (χ2v) is 7.84. The maximum Gasteiger partial charge on any atom is 0.160 e. The molecule has 5 rings (SSSR count). The maximum absolute atomic E-state index is 9.81. The monoisotopic (exact) mass is 378 g/mol. The molecule has 0 saturated carbocycles. The Hall–Kier alpha value is -2.73. The SMILES string of the molecule is COc1cc(CN2CCC3(CC2)Nc2ccccc2C2=NCCN23)ccc1O. The highest BCUT2D eigenvalue weighted by Crippen LogP contribution is 2.39. The van der Waals surface area contributed by atoms with Crippen molar-refractivity contribution < 1.29 is 9.84 Å². The Bertz CT molecular complexity index is 919. The molecule has 0 aromatic heterocycles. The van der Waals surface area contributed by atoms with E-state index in [1.807, 2.05) is 12.1 Å². The minimum atomic E-state index is -0.0349. The lowest BCUT2D eigenvalue weighted by atomic mass is 9.90. The van der Waals surface area contributed by atoms with Crippen LogP contribution < -0.4 is 10.1 Å². The van der Waals surface area contributed by atoms with Gasteiger partial charge in [0.15, 0.2) is 11.5 Å². The second-order valence-electron chi connectivity index (χ2n) is 7.84. The van der Waals surface area contributed by atoms with Crippen LogP contribution in [-0.4, -0.2) is 59.7 Å². The zero-order valence-corrected chi connectivity index (χ0v) is 16.2. The first-order valence-electron chi connectivity index (χ1n) is 9.96. The van der Waals surface area contributed by atoms with Crippen molar-refractivity contribution in [1.29, 1.82) is 0 Å². The van der Waals surface area contributed by atoms with Crippen LogP contribution in [0.5, 0.6) is 11.5 Å². The number of phenols is 1.